The first kappa shape index (κ1) is 12.4. The second kappa shape index (κ2) is 6.03. The summed E-state index contributed by atoms with van der Waals surface area (Å²) in [6, 6.07) is 19.2. The molecule has 1 heteroatoms. The van der Waals surface area contributed by atoms with E-state index in [1.807, 2.05) is 6.07 Å². The summed E-state index contributed by atoms with van der Waals surface area (Å²) in [5.74, 6) is 0. The Labute approximate surface area is 115 Å². The average Bonchev–Trinajstić information content (AvgIpc) is 3.00. The first-order valence-corrected chi connectivity index (χ1v) is 7.18. The van der Waals surface area contributed by atoms with Gasteiger partial charge in [-0.05, 0) is 29.5 Å². The summed E-state index contributed by atoms with van der Waals surface area (Å²) in [5, 5.41) is 0. The van der Waals surface area contributed by atoms with Crippen LogP contribution >= 0.6 is 0 Å². The van der Waals surface area contributed by atoms with Crippen LogP contribution in [0.5, 0.6) is 0 Å². The molecule has 0 bridgehead atoms. The normalized spacial score (nSPS) is 15.8. The molecule has 2 aromatic carbocycles. The molecular formula is C18H20O. The molecule has 0 spiro atoms. The molecule has 0 atom stereocenters. The zero-order valence-corrected chi connectivity index (χ0v) is 11.2. The van der Waals surface area contributed by atoms with Crippen molar-refractivity contribution in [2.24, 2.45) is 0 Å². The Morgan fingerprint density at radius 3 is 2.11 bits per heavy atom. The molecule has 0 radical (unpaired) electrons. The standard InChI is InChI=1S/C18H20O/c1-2-6-16(7-3-1)17-12-10-15(11-13-17)14-19-18-8-4-5-9-18/h1-3,6-7,10-13,18H,4-5,8-9,14H2. The minimum Gasteiger partial charge on any atom is -0.374 e. The van der Waals surface area contributed by atoms with Gasteiger partial charge in [-0.2, -0.15) is 0 Å². The van der Waals surface area contributed by atoms with Crippen LogP contribution in [0.2, 0.25) is 0 Å². The van der Waals surface area contributed by atoms with Gasteiger partial charge in [0.05, 0.1) is 12.7 Å². The highest BCUT2D eigenvalue weighted by atomic mass is 16.5. The molecule has 1 saturated carbocycles. The van der Waals surface area contributed by atoms with Crippen LogP contribution in [0.4, 0.5) is 0 Å². The zero-order valence-electron chi connectivity index (χ0n) is 11.2. The second-order valence-electron chi connectivity index (χ2n) is 5.28. The Hall–Kier alpha value is -1.60. The molecule has 1 fully saturated rings. The van der Waals surface area contributed by atoms with Crippen LogP contribution in [0.3, 0.4) is 0 Å². The van der Waals surface area contributed by atoms with E-state index in [-0.39, 0.29) is 0 Å². The molecule has 19 heavy (non-hydrogen) atoms. The van der Waals surface area contributed by atoms with Gasteiger partial charge < -0.3 is 4.74 Å². The molecule has 0 amide bonds. The van der Waals surface area contributed by atoms with Gasteiger partial charge in [0.25, 0.3) is 0 Å². The summed E-state index contributed by atoms with van der Waals surface area (Å²) >= 11 is 0. The predicted molar refractivity (Wildman–Crippen MR) is 78.9 cm³/mol. The molecule has 2 aromatic rings. The lowest BCUT2D eigenvalue weighted by Crippen LogP contribution is -2.06. The van der Waals surface area contributed by atoms with Crippen molar-refractivity contribution < 1.29 is 4.74 Å². The summed E-state index contributed by atoms with van der Waals surface area (Å²) in [7, 11) is 0. The minimum absolute atomic E-state index is 0.494. The second-order valence-corrected chi connectivity index (χ2v) is 5.28. The molecule has 1 aliphatic rings. The predicted octanol–water partition coefficient (Wildman–Crippen LogP) is 4.81. The summed E-state index contributed by atoms with van der Waals surface area (Å²) in [6.07, 6.45) is 5.63. The maximum absolute atomic E-state index is 5.93. The van der Waals surface area contributed by atoms with E-state index in [4.69, 9.17) is 4.74 Å². The smallest absolute Gasteiger partial charge is 0.0720 e. The van der Waals surface area contributed by atoms with E-state index in [2.05, 4.69) is 48.5 Å². The van der Waals surface area contributed by atoms with E-state index in [1.54, 1.807) is 0 Å². The van der Waals surface area contributed by atoms with Crippen LogP contribution in [0.15, 0.2) is 54.6 Å². The van der Waals surface area contributed by atoms with E-state index < -0.39 is 0 Å². The number of hydrogen-bond donors (Lipinski definition) is 0. The molecule has 0 heterocycles. The van der Waals surface area contributed by atoms with Crippen molar-refractivity contribution in [3.63, 3.8) is 0 Å². The molecule has 1 nitrogen and oxygen atoms in total. The van der Waals surface area contributed by atoms with Crippen molar-refractivity contribution in [1.82, 2.24) is 0 Å². The summed E-state index contributed by atoms with van der Waals surface area (Å²) in [6.45, 7) is 0.750. The number of benzene rings is 2. The van der Waals surface area contributed by atoms with Crippen LogP contribution < -0.4 is 0 Å². The van der Waals surface area contributed by atoms with Gasteiger partial charge in [0.15, 0.2) is 0 Å². The van der Waals surface area contributed by atoms with Crippen molar-refractivity contribution in [1.29, 1.82) is 0 Å². The quantitative estimate of drug-likeness (QED) is 0.758. The van der Waals surface area contributed by atoms with Crippen LogP contribution in [0.25, 0.3) is 11.1 Å². The summed E-state index contributed by atoms with van der Waals surface area (Å²) in [4.78, 5) is 0. The topological polar surface area (TPSA) is 9.23 Å². The third-order valence-electron chi connectivity index (χ3n) is 3.85. The van der Waals surface area contributed by atoms with E-state index in [0.717, 1.165) is 6.61 Å². The molecule has 0 aromatic heterocycles. The minimum atomic E-state index is 0.494. The van der Waals surface area contributed by atoms with Crippen molar-refractivity contribution in [3.05, 3.63) is 60.2 Å². The lowest BCUT2D eigenvalue weighted by atomic mass is 10.0. The fourth-order valence-electron chi connectivity index (χ4n) is 2.69. The maximum atomic E-state index is 5.93. The molecule has 0 saturated heterocycles. The number of rotatable bonds is 4. The fourth-order valence-corrected chi connectivity index (χ4v) is 2.69. The molecule has 0 unspecified atom stereocenters. The van der Waals surface area contributed by atoms with E-state index >= 15 is 0 Å². The first-order chi connectivity index (χ1) is 9.42. The van der Waals surface area contributed by atoms with Gasteiger partial charge in [-0.25, -0.2) is 0 Å². The average molecular weight is 252 g/mol. The van der Waals surface area contributed by atoms with Gasteiger partial charge in [-0.3, -0.25) is 0 Å². The van der Waals surface area contributed by atoms with Gasteiger partial charge in [0, 0.05) is 0 Å². The van der Waals surface area contributed by atoms with Crippen molar-refractivity contribution in [3.8, 4) is 11.1 Å². The third kappa shape index (κ3) is 3.24. The molecular weight excluding hydrogens is 232 g/mol. The largest absolute Gasteiger partial charge is 0.374 e. The Balaban J connectivity index is 1.62. The van der Waals surface area contributed by atoms with Crippen LogP contribution in [-0.2, 0) is 11.3 Å². The fraction of sp³-hybridized carbons (Fsp3) is 0.333. The number of hydrogen-bond acceptors (Lipinski definition) is 1. The Morgan fingerprint density at radius 2 is 1.42 bits per heavy atom. The van der Waals surface area contributed by atoms with Crippen LogP contribution in [0, 0.1) is 0 Å². The van der Waals surface area contributed by atoms with E-state index in [1.165, 1.54) is 42.4 Å². The number of ether oxygens (including phenoxy) is 1. The van der Waals surface area contributed by atoms with Gasteiger partial charge in [0.2, 0.25) is 0 Å². The maximum Gasteiger partial charge on any atom is 0.0720 e. The molecule has 1 aliphatic carbocycles. The van der Waals surface area contributed by atoms with Gasteiger partial charge in [0.1, 0.15) is 0 Å². The first-order valence-electron chi connectivity index (χ1n) is 7.18. The van der Waals surface area contributed by atoms with Crippen LogP contribution in [0.1, 0.15) is 31.2 Å². The Morgan fingerprint density at radius 1 is 0.789 bits per heavy atom. The highest BCUT2D eigenvalue weighted by molar-refractivity contribution is 5.63. The highest BCUT2D eigenvalue weighted by Crippen LogP contribution is 2.23. The van der Waals surface area contributed by atoms with E-state index in [9.17, 15) is 0 Å². The molecule has 0 aliphatic heterocycles. The summed E-state index contributed by atoms with van der Waals surface area (Å²) < 4.78 is 5.93. The zero-order chi connectivity index (χ0) is 12.9. The van der Waals surface area contributed by atoms with Gasteiger partial charge in [-0.15, -0.1) is 0 Å². The molecule has 0 N–H and O–H groups in total. The Bertz CT molecular complexity index is 495. The SMILES string of the molecule is c1ccc(-c2ccc(COC3CCCC3)cc2)cc1. The van der Waals surface area contributed by atoms with Crippen molar-refractivity contribution >= 4 is 0 Å². The Kier molecular flexibility index (Phi) is 3.95. The van der Waals surface area contributed by atoms with Gasteiger partial charge in [-0.1, -0.05) is 67.4 Å². The van der Waals surface area contributed by atoms with Crippen LogP contribution in [-0.4, -0.2) is 6.10 Å². The highest BCUT2D eigenvalue weighted by Gasteiger charge is 2.14. The molecule has 3 rings (SSSR count). The lowest BCUT2D eigenvalue weighted by Gasteiger charge is -2.11. The lowest BCUT2D eigenvalue weighted by molar-refractivity contribution is 0.0457. The van der Waals surface area contributed by atoms with Crippen molar-refractivity contribution in [2.45, 2.75) is 38.4 Å². The van der Waals surface area contributed by atoms with Gasteiger partial charge >= 0.3 is 0 Å². The van der Waals surface area contributed by atoms with Crippen molar-refractivity contribution in [2.75, 3.05) is 0 Å². The molecule has 98 valence electrons. The van der Waals surface area contributed by atoms with E-state index in [0.29, 0.717) is 6.10 Å². The third-order valence-corrected chi connectivity index (χ3v) is 3.85. The summed E-state index contributed by atoms with van der Waals surface area (Å²) in [5.41, 5.74) is 3.81. The monoisotopic (exact) mass is 252 g/mol.